The lowest BCUT2D eigenvalue weighted by Crippen LogP contribution is -2.26. The molecule has 1 rings (SSSR count). The minimum Gasteiger partial charge on any atom is -0.491 e. The van der Waals surface area contributed by atoms with Crippen molar-refractivity contribution in [2.24, 2.45) is 0 Å². The molecule has 2 heteroatoms. The maximum Gasteiger partial charge on any atom is 0.142 e. The molecule has 0 aliphatic carbocycles. The molecular weight excluding hydrogens is 294 g/mol. The van der Waals surface area contributed by atoms with E-state index in [9.17, 15) is 0 Å². The van der Waals surface area contributed by atoms with Gasteiger partial charge in [-0.25, -0.2) is 0 Å². The zero-order chi connectivity index (χ0) is 18.2. The zero-order valence-electron chi connectivity index (χ0n) is 17.1. The van der Waals surface area contributed by atoms with E-state index in [-0.39, 0.29) is 11.0 Å². The molecule has 0 radical (unpaired) electrons. The van der Waals surface area contributed by atoms with Crippen LogP contribution >= 0.6 is 0 Å². The van der Waals surface area contributed by atoms with E-state index in [0.29, 0.717) is 0 Å². The maximum atomic E-state index is 6.16. The summed E-state index contributed by atoms with van der Waals surface area (Å²) in [4.78, 5) is 0. The van der Waals surface area contributed by atoms with Gasteiger partial charge in [0.05, 0.1) is 12.3 Å². The minimum atomic E-state index is 0.0293. The molecule has 0 aliphatic heterocycles. The van der Waals surface area contributed by atoms with Crippen LogP contribution in [-0.4, -0.2) is 12.1 Å². The second-order valence-electron chi connectivity index (χ2n) is 8.95. The number of unbranched alkanes of at least 4 members (excludes halogenated alkanes) is 5. The summed E-state index contributed by atoms with van der Waals surface area (Å²) in [5.41, 5.74) is 2.58. The number of anilines is 1. The fourth-order valence-electron chi connectivity index (χ4n) is 2.68. The largest absolute Gasteiger partial charge is 0.491 e. The van der Waals surface area contributed by atoms with Crippen molar-refractivity contribution < 1.29 is 4.74 Å². The number of rotatable bonds is 9. The first kappa shape index (κ1) is 20.9. The van der Waals surface area contributed by atoms with E-state index in [4.69, 9.17) is 4.74 Å². The van der Waals surface area contributed by atoms with E-state index in [0.717, 1.165) is 24.5 Å². The Morgan fingerprint density at radius 3 is 2.08 bits per heavy atom. The van der Waals surface area contributed by atoms with Gasteiger partial charge < -0.3 is 10.1 Å². The normalized spacial score (nSPS) is 12.3. The molecule has 1 N–H and O–H groups in total. The highest BCUT2D eigenvalue weighted by atomic mass is 16.5. The van der Waals surface area contributed by atoms with Crippen LogP contribution in [0.25, 0.3) is 0 Å². The maximum absolute atomic E-state index is 6.16. The molecule has 24 heavy (non-hydrogen) atoms. The average molecular weight is 334 g/mol. The first-order chi connectivity index (χ1) is 11.1. The Hall–Kier alpha value is -1.18. The molecule has 0 saturated heterocycles. The van der Waals surface area contributed by atoms with Crippen molar-refractivity contribution >= 4 is 5.69 Å². The van der Waals surface area contributed by atoms with Crippen LogP contribution in [0.15, 0.2) is 18.2 Å². The van der Waals surface area contributed by atoms with Gasteiger partial charge in [-0.05, 0) is 50.3 Å². The zero-order valence-corrected chi connectivity index (χ0v) is 17.1. The lowest BCUT2D eigenvalue weighted by Gasteiger charge is -2.26. The molecule has 0 spiro atoms. The Morgan fingerprint density at radius 1 is 0.875 bits per heavy atom. The van der Waals surface area contributed by atoms with Crippen molar-refractivity contribution in [1.29, 1.82) is 0 Å². The highest BCUT2D eigenvalue weighted by Crippen LogP contribution is 2.33. The monoisotopic (exact) mass is 333 g/mol. The van der Waals surface area contributed by atoms with E-state index < -0.39 is 0 Å². The van der Waals surface area contributed by atoms with Gasteiger partial charge in [-0.2, -0.15) is 0 Å². The summed E-state index contributed by atoms with van der Waals surface area (Å²) in [6.45, 7) is 16.4. The van der Waals surface area contributed by atoms with Gasteiger partial charge in [0.15, 0.2) is 0 Å². The molecule has 0 atom stereocenters. The summed E-state index contributed by atoms with van der Waals surface area (Å²) in [5, 5.41) is 3.57. The smallest absolute Gasteiger partial charge is 0.142 e. The molecule has 0 aromatic heterocycles. The molecule has 0 unspecified atom stereocenters. The van der Waals surface area contributed by atoms with Gasteiger partial charge in [0, 0.05) is 5.54 Å². The lowest BCUT2D eigenvalue weighted by atomic mass is 9.87. The molecule has 0 fully saturated rings. The number of ether oxygens (including phenoxy) is 1. The van der Waals surface area contributed by atoms with Crippen molar-refractivity contribution in [2.75, 3.05) is 11.9 Å². The summed E-state index contributed by atoms with van der Waals surface area (Å²) in [6.07, 6.45) is 7.74. The number of benzene rings is 1. The van der Waals surface area contributed by atoms with Crippen LogP contribution in [-0.2, 0) is 5.41 Å². The second-order valence-corrected chi connectivity index (χ2v) is 8.95. The summed E-state index contributed by atoms with van der Waals surface area (Å²) in [7, 11) is 0. The predicted molar refractivity (Wildman–Crippen MR) is 107 cm³/mol. The molecule has 0 saturated carbocycles. The van der Waals surface area contributed by atoms with E-state index >= 15 is 0 Å². The standard InChI is InChI=1S/C22H39NO/c1-8-9-10-11-12-13-16-24-20-17-18(21(2,3)4)14-15-19(20)23-22(5,6)7/h14-15,17,23H,8-13,16H2,1-7H3. The molecule has 0 aliphatic rings. The summed E-state index contributed by atoms with van der Waals surface area (Å²) in [5.74, 6) is 0.992. The molecule has 1 aromatic rings. The van der Waals surface area contributed by atoms with E-state index in [1.54, 1.807) is 0 Å². The van der Waals surface area contributed by atoms with Crippen LogP contribution in [0.2, 0.25) is 0 Å². The van der Waals surface area contributed by atoms with Crippen LogP contribution < -0.4 is 10.1 Å². The van der Waals surface area contributed by atoms with Crippen LogP contribution in [0.4, 0.5) is 5.69 Å². The Bertz CT molecular complexity index is 480. The lowest BCUT2D eigenvalue weighted by molar-refractivity contribution is 0.304. The number of hydrogen-bond acceptors (Lipinski definition) is 2. The fourth-order valence-corrected chi connectivity index (χ4v) is 2.68. The van der Waals surface area contributed by atoms with Gasteiger partial charge >= 0.3 is 0 Å². The molecule has 138 valence electrons. The van der Waals surface area contributed by atoms with Crippen LogP contribution in [0.3, 0.4) is 0 Å². The van der Waals surface area contributed by atoms with Crippen LogP contribution in [0, 0.1) is 0 Å². The SMILES string of the molecule is CCCCCCCCOc1cc(C(C)(C)C)ccc1NC(C)(C)C. The molecule has 0 amide bonds. The highest BCUT2D eigenvalue weighted by Gasteiger charge is 2.18. The molecule has 1 aromatic carbocycles. The van der Waals surface area contributed by atoms with Gasteiger partial charge in [-0.3, -0.25) is 0 Å². The highest BCUT2D eigenvalue weighted by molar-refractivity contribution is 5.59. The van der Waals surface area contributed by atoms with Crippen molar-refractivity contribution in [3.8, 4) is 5.75 Å². The van der Waals surface area contributed by atoms with Gasteiger partial charge in [0.1, 0.15) is 5.75 Å². The summed E-state index contributed by atoms with van der Waals surface area (Å²) in [6, 6.07) is 6.60. The second kappa shape index (κ2) is 9.34. The van der Waals surface area contributed by atoms with Gasteiger partial charge in [-0.15, -0.1) is 0 Å². The van der Waals surface area contributed by atoms with Gasteiger partial charge in [-0.1, -0.05) is 65.9 Å². The van der Waals surface area contributed by atoms with Crippen LogP contribution in [0.1, 0.15) is 92.6 Å². The van der Waals surface area contributed by atoms with E-state index in [1.165, 1.54) is 37.7 Å². The first-order valence-corrected chi connectivity index (χ1v) is 9.69. The Balaban J connectivity index is 2.69. The van der Waals surface area contributed by atoms with Crippen molar-refractivity contribution in [3.63, 3.8) is 0 Å². The molecular formula is C22H39NO. The molecule has 2 nitrogen and oxygen atoms in total. The van der Waals surface area contributed by atoms with Crippen molar-refractivity contribution in [3.05, 3.63) is 23.8 Å². The molecule has 0 bridgehead atoms. The first-order valence-electron chi connectivity index (χ1n) is 9.69. The quantitative estimate of drug-likeness (QED) is 0.494. The van der Waals surface area contributed by atoms with Crippen molar-refractivity contribution in [2.45, 2.75) is 97.9 Å². The Kier molecular flexibility index (Phi) is 8.12. The predicted octanol–water partition coefficient (Wildman–Crippen LogP) is 6.93. The molecule has 0 heterocycles. The fraction of sp³-hybridized carbons (Fsp3) is 0.727. The minimum absolute atomic E-state index is 0.0293. The van der Waals surface area contributed by atoms with E-state index in [2.05, 4.69) is 72.0 Å². The Morgan fingerprint density at radius 2 is 1.50 bits per heavy atom. The third-order valence-electron chi connectivity index (χ3n) is 4.11. The summed E-state index contributed by atoms with van der Waals surface area (Å²) < 4.78 is 6.16. The Labute approximate surface area is 150 Å². The van der Waals surface area contributed by atoms with Gasteiger partial charge in [0.25, 0.3) is 0 Å². The van der Waals surface area contributed by atoms with Gasteiger partial charge in [0.2, 0.25) is 0 Å². The van der Waals surface area contributed by atoms with Crippen molar-refractivity contribution in [1.82, 2.24) is 0 Å². The summed E-state index contributed by atoms with van der Waals surface area (Å²) >= 11 is 0. The topological polar surface area (TPSA) is 21.3 Å². The third-order valence-corrected chi connectivity index (χ3v) is 4.11. The number of hydrogen-bond donors (Lipinski definition) is 1. The third kappa shape index (κ3) is 8.08. The van der Waals surface area contributed by atoms with E-state index in [1.807, 2.05) is 0 Å². The number of nitrogens with one attached hydrogen (secondary N) is 1. The van der Waals surface area contributed by atoms with Crippen LogP contribution in [0.5, 0.6) is 5.75 Å². The average Bonchev–Trinajstić information content (AvgIpc) is 2.45.